The van der Waals surface area contributed by atoms with Crippen LogP contribution >= 0.6 is 11.6 Å². The van der Waals surface area contributed by atoms with Crippen LogP contribution in [-0.2, 0) is 6.54 Å². The Bertz CT molecular complexity index is 601. The summed E-state index contributed by atoms with van der Waals surface area (Å²) in [5.41, 5.74) is 2.23. The Balaban J connectivity index is 2.04. The van der Waals surface area contributed by atoms with Crippen LogP contribution in [0.25, 0.3) is 0 Å². The lowest BCUT2D eigenvalue weighted by Gasteiger charge is -2.16. The van der Waals surface area contributed by atoms with Gasteiger partial charge in [-0.3, -0.25) is 0 Å². The zero-order valence-corrected chi connectivity index (χ0v) is 13.3. The Hall–Kier alpha value is -1.71. The van der Waals surface area contributed by atoms with Gasteiger partial charge in [-0.25, -0.2) is 0 Å². The van der Waals surface area contributed by atoms with E-state index in [1.54, 1.807) is 14.2 Å². The number of benzene rings is 2. The SMILES string of the molecule is COc1ccc(CN[C@@H](C)c2ccccc2Cl)cc1OC. The lowest BCUT2D eigenvalue weighted by atomic mass is 10.1. The zero-order chi connectivity index (χ0) is 15.2. The molecule has 2 rings (SSSR count). The number of methoxy groups -OCH3 is 2. The maximum Gasteiger partial charge on any atom is 0.161 e. The van der Waals surface area contributed by atoms with Gasteiger partial charge >= 0.3 is 0 Å². The predicted molar refractivity (Wildman–Crippen MR) is 86.3 cm³/mol. The summed E-state index contributed by atoms with van der Waals surface area (Å²) in [6.07, 6.45) is 0. The molecule has 0 amide bonds. The van der Waals surface area contributed by atoms with Crippen molar-refractivity contribution in [2.24, 2.45) is 0 Å². The van der Waals surface area contributed by atoms with E-state index in [9.17, 15) is 0 Å². The van der Waals surface area contributed by atoms with Crippen LogP contribution in [0.1, 0.15) is 24.1 Å². The summed E-state index contributed by atoms with van der Waals surface area (Å²) in [5, 5.41) is 4.25. The smallest absolute Gasteiger partial charge is 0.161 e. The first-order valence-electron chi connectivity index (χ1n) is 6.84. The van der Waals surface area contributed by atoms with Crippen LogP contribution in [0.2, 0.25) is 5.02 Å². The minimum absolute atomic E-state index is 0.173. The van der Waals surface area contributed by atoms with Gasteiger partial charge in [0.1, 0.15) is 0 Å². The van der Waals surface area contributed by atoms with Crippen LogP contribution < -0.4 is 14.8 Å². The molecule has 1 N–H and O–H groups in total. The molecular weight excluding hydrogens is 286 g/mol. The van der Waals surface area contributed by atoms with Crippen molar-refractivity contribution in [2.75, 3.05) is 14.2 Å². The maximum atomic E-state index is 6.21. The van der Waals surface area contributed by atoms with E-state index >= 15 is 0 Å². The van der Waals surface area contributed by atoms with Crippen molar-refractivity contribution >= 4 is 11.6 Å². The van der Waals surface area contributed by atoms with Gasteiger partial charge in [0, 0.05) is 17.6 Å². The van der Waals surface area contributed by atoms with Crippen LogP contribution in [0.4, 0.5) is 0 Å². The molecule has 4 heteroatoms. The average Bonchev–Trinajstić information content (AvgIpc) is 2.52. The van der Waals surface area contributed by atoms with Gasteiger partial charge in [0.15, 0.2) is 11.5 Å². The van der Waals surface area contributed by atoms with Crippen molar-refractivity contribution in [1.29, 1.82) is 0 Å². The third kappa shape index (κ3) is 3.90. The number of hydrogen-bond acceptors (Lipinski definition) is 3. The summed E-state index contributed by atoms with van der Waals surface area (Å²) in [6.45, 7) is 2.83. The summed E-state index contributed by atoms with van der Waals surface area (Å²) in [6, 6.07) is 14.0. The average molecular weight is 306 g/mol. The molecule has 0 radical (unpaired) electrons. The van der Waals surface area contributed by atoms with E-state index in [4.69, 9.17) is 21.1 Å². The molecule has 0 aromatic heterocycles. The number of nitrogens with one attached hydrogen (secondary N) is 1. The summed E-state index contributed by atoms with van der Waals surface area (Å²) >= 11 is 6.21. The minimum Gasteiger partial charge on any atom is -0.493 e. The molecule has 21 heavy (non-hydrogen) atoms. The maximum absolute atomic E-state index is 6.21. The Morgan fingerprint density at radius 2 is 1.76 bits per heavy atom. The molecule has 112 valence electrons. The largest absolute Gasteiger partial charge is 0.493 e. The molecule has 1 atom stereocenters. The summed E-state index contributed by atoms with van der Waals surface area (Å²) < 4.78 is 10.6. The highest BCUT2D eigenvalue weighted by molar-refractivity contribution is 6.31. The topological polar surface area (TPSA) is 30.5 Å². The molecule has 3 nitrogen and oxygen atoms in total. The first-order chi connectivity index (χ1) is 10.2. The highest BCUT2D eigenvalue weighted by Crippen LogP contribution is 2.28. The molecule has 0 bridgehead atoms. The van der Waals surface area contributed by atoms with Crippen molar-refractivity contribution in [1.82, 2.24) is 5.32 Å². The predicted octanol–water partition coefficient (Wildman–Crippen LogP) is 4.21. The Kier molecular flexibility index (Phi) is 5.48. The van der Waals surface area contributed by atoms with E-state index < -0.39 is 0 Å². The van der Waals surface area contributed by atoms with Crippen molar-refractivity contribution in [3.8, 4) is 11.5 Å². The molecule has 0 aliphatic heterocycles. The van der Waals surface area contributed by atoms with E-state index in [0.717, 1.165) is 34.2 Å². The second kappa shape index (κ2) is 7.34. The van der Waals surface area contributed by atoms with Crippen molar-refractivity contribution < 1.29 is 9.47 Å². The van der Waals surface area contributed by atoms with Gasteiger partial charge in [-0.1, -0.05) is 35.9 Å². The van der Waals surface area contributed by atoms with Gasteiger partial charge in [0.25, 0.3) is 0 Å². The lowest BCUT2D eigenvalue weighted by Crippen LogP contribution is -2.18. The van der Waals surface area contributed by atoms with Gasteiger partial charge < -0.3 is 14.8 Å². The molecule has 0 aliphatic carbocycles. The fraction of sp³-hybridized carbons (Fsp3) is 0.294. The Labute approximate surface area is 130 Å². The molecule has 0 fully saturated rings. The molecular formula is C17H20ClNO2. The number of ether oxygens (including phenoxy) is 2. The molecule has 0 saturated heterocycles. The van der Waals surface area contributed by atoms with E-state index in [1.165, 1.54) is 0 Å². The lowest BCUT2D eigenvalue weighted by molar-refractivity contribution is 0.354. The minimum atomic E-state index is 0.173. The van der Waals surface area contributed by atoms with E-state index in [1.807, 2.05) is 42.5 Å². The quantitative estimate of drug-likeness (QED) is 0.867. The van der Waals surface area contributed by atoms with Crippen LogP contribution in [0.5, 0.6) is 11.5 Å². The fourth-order valence-electron chi connectivity index (χ4n) is 2.20. The normalized spacial score (nSPS) is 12.0. The molecule has 0 heterocycles. The summed E-state index contributed by atoms with van der Waals surface area (Å²) in [5.74, 6) is 1.47. The van der Waals surface area contributed by atoms with Crippen molar-refractivity contribution in [2.45, 2.75) is 19.5 Å². The molecule has 0 saturated carbocycles. The van der Waals surface area contributed by atoms with Crippen molar-refractivity contribution in [3.63, 3.8) is 0 Å². The van der Waals surface area contributed by atoms with Crippen molar-refractivity contribution in [3.05, 3.63) is 58.6 Å². The van der Waals surface area contributed by atoms with Gasteiger partial charge in [0.2, 0.25) is 0 Å². The molecule has 2 aromatic carbocycles. The first kappa shape index (κ1) is 15.7. The molecule has 0 unspecified atom stereocenters. The Morgan fingerprint density at radius 1 is 1.05 bits per heavy atom. The van der Waals surface area contributed by atoms with Crippen LogP contribution in [0, 0.1) is 0 Å². The van der Waals surface area contributed by atoms with Gasteiger partial charge in [-0.15, -0.1) is 0 Å². The van der Waals surface area contributed by atoms with Gasteiger partial charge in [-0.05, 0) is 36.2 Å². The third-order valence-corrected chi connectivity index (χ3v) is 3.78. The molecule has 0 spiro atoms. The number of hydrogen-bond donors (Lipinski definition) is 1. The standard InChI is InChI=1S/C17H20ClNO2/c1-12(14-6-4-5-7-15(14)18)19-11-13-8-9-16(20-2)17(10-13)21-3/h4-10,12,19H,11H2,1-3H3/t12-/m0/s1. The zero-order valence-electron chi connectivity index (χ0n) is 12.5. The Morgan fingerprint density at radius 3 is 2.43 bits per heavy atom. The number of halogens is 1. The monoisotopic (exact) mass is 305 g/mol. The second-order valence-corrected chi connectivity index (χ2v) is 5.22. The highest BCUT2D eigenvalue weighted by atomic mass is 35.5. The fourth-order valence-corrected chi connectivity index (χ4v) is 2.50. The number of rotatable bonds is 6. The van der Waals surface area contributed by atoms with E-state index in [-0.39, 0.29) is 6.04 Å². The summed E-state index contributed by atoms with van der Waals surface area (Å²) in [7, 11) is 3.27. The third-order valence-electron chi connectivity index (χ3n) is 3.43. The second-order valence-electron chi connectivity index (χ2n) is 4.81. The van der Waals surface area contributed by atoms with Crippen LogP contribution in [0.15, 0.2) is 42.5 Å². The van der Waals surface area contributed by atoms with Gasteiger partial charge in [-0.2, -0.15) is 0 Å². The molecule has 2 aromatic rings. The van der Waals surface area contributed by atoms with Crippen LogP contribution in [-0.4, -0.2) is 14.2 Å². The van der Waals surface area contributed by atoms with Crippen LogP contribution in [0.3, 0.4) is 0 Å². The van der Waals surface area contributed by atoms with E-state index in [0.29, 0.717) is 0 Å². The first-order valence-corrected chi connectivity index (χ1v) is 7.22. The van der Waals surface area contributed by atoms with E-state index in [2.05, 4.69) is 12.2 Å². The molecule has 0 aliphatic rings. The summed E-state index contributed by atoms with van der Waals surface area (Å²) in [4.78, 5) is 0. The van der Waals surface area contributed by atoms with Gasteiger partial charge in [0.05, 0.1) is 14.2 Å². The highest BCUT2D eigenvalue weighted by Gasteiger charge is 2.09.